The van der Waals surface area contributed by atoms with Crippen LogP contribution in [0.5, 0.6) is 0 Å². The van der Waals surface area contributed by atoms with Crippen molar-refractivity contribution in [1.29, 1.82) is 0 Å². The summed E-state index contributed by atoms with van der Waals surface area (Å²) in [5.41, 5.74) is -0.378. The molecule has 0 radical (unpaired) electrons. The van der Waals surface area contributed by atoms with Crippen LogP contribution >= 0.6 is 22.6 Å². The van der Waals surface area contributed by atoms with Gasteiger partial charge in [-0.25, -0.2) is 13.2 Å². The maximum absolute atomic E-state index is 13.4. The molecule has 19 heavy (non-hydrogen) atoms. The average Bonchev–Trinajstić information content (AvgIpc) is 2.34. The van der Waals surface area contributed by atoms with Gasteiger partial charge in [0.2, 0.25) is 0 Å². The van der Waals surface area contributed by atoms with Gasteiger partial charge in [-0.15, -0.1) is 0 Å². The monoisotopic (exact) mass is 377 g/mol. The highest BCUT2D eigenvalue weighted by atomic mass is 127. The van der Waals surface area contributed by atoms with Crippen molar-refractivity contribution in [2.75, 3.05) is 5.32 Å². The second-order valence-electron chi connectivity index (χ2n) is 3.68. The van der Waals surface area contributed by atoms with Crippen molar-refractivity contribution in [3.63, 3.8) is 0 Å². The van der Waals surface area contributed by atoms with Crippen molar-refractivity contribution in [2.24, 2.45) is 0 Å². The van der Waals surface area contributed by atoms with Gasteiger partial charge in [-0.3, -0.25) is 4.79 Å². The van der Waals surface area contributed by atoms with E-state index in [0.717, 1.165) is 0 Å². The largest absolute Gasteiger partial charge is 0.317 e. The summed E-state index contributed by atoms with van der Waals surface area (Å²) in [6.07, 6.45) is 0. The van der Waals surface area contributed by atoms with Gasteiger partial charge in [-0.2, -0.15) is 0 Å². The van der Waals surface area contributed by atoms with Gasteiger partial charge in [-0.1, -0.05) is 12.1 Å². The molecule has 2 aromatic carbocycles. The van der Waals surface area contributed by atoms with Crippen molar-refractivity contribution in [1.82, 2.24) is 0 Å². The number of amides is 1. The van der Waals surface area contributed by atoms with E-state index in [1.807, 2.05) is 22.6 Å². The zero-order chi connectivity index (χ0) is 14.0. The predicted molar refractivity (Wildman–Crippen MR) is 73.4 cm³/mol. The van der Waals surface area contributed by atoms with Crippen LogP contribution in [0.1, 0.15) is 10.4 Å². The van der Waals surface area contributed by atoms with E-state index in [0.29, 0.717) is 15.7 Å². The lowest BCUT2D eigenvalue weighted by Crippen LogP contribution is -2.15. The fraction of sp³-hybridized carbons (Fsp3) is 0. The van der Waals surface area contributed by atoms with Crippen LogP contribution in [0.2, 0.25) is 0 Å². The Bertz CT molecular complexity index is 623. The lowest BCUT2D eigenvalue weighted by Gasteiger charge is -2.08. The third kappa shape index (κ3) is 3.06. The molecule has 0 aliphatic rings. The molecule has 0 aliphatic heterocycles. The Labute approximate surface area is 120 Å². The van der Waals surface area contributed by atoms with Crippen LogP contribution in [0.4, 0.5) is 18.9 Å². The third-order valence-corrected chi connectivity index (χ3v) is 3.30. The van der Waals surface area contributed by atoms with Gasteiger partial charge in [0, 0.05) is 15.7 Å². The Hall–Kier alpha value is -1.57. The van der Waals surface area contributed by atoms with Crippen LogP contribution in [0.15, 0.2) is 36.4 Å². The molecule has 0 aromatic heterocycles. The number of nitrogens with one attached hydrogen (secondary N) is 1. The SMILES string of the molecule is O=C(Nc1c(F)cc(F)cc1F)c1ccccc1I. The molecule has 2 rings (SSSR count). The summed E-state index contributed by atoms with van der Waals surface area (Å²) in [5, 5.41) is 2.10. The van der Waals surface area contributed by atoms with E-state index in [1.54, 1.807) is 18.2 Å². The van der Waals surface area contributed by atoms with Gasteiger partial charge in [0.05, 0.1) is 5.56 Å². The molecule has 0 spiro atoms. The molecule has 0 saturated heterocycles. The van der Waals surface area contributed by atoms with E-state index in [4.69, 9.17) is 0 Å². The third-order valence-electron chi connectivity index (χ3n) is 2.36. The first-order valence-corrected chi connectivity index (χ1v) is 6.27. The van der Waals surface area contributed by atoms with E-state index >= 15 is 0 Å². The van der Waals surface area contributed by atoms with Crippen LogP contribution in [-0.4, -0.2) is 5.91 Å². The molecule has 0 heterocycles. The van der Waals surface area contributed by atoms with Crippen LogP contribution in [0.25, 0.3) is 0 Å². The maximum Gasteiger partial charge on any atom is 0.256 e. The first-order valence-electron chi connectivity index (χ1n) is 5.19. The molecule has 0 atom stereocenters. The summed E-state index contributed by atoms with van der Waals surface area (Å²) in [6, 6.07) is 7.60. The lowest BCUT2D eigenvalue weighted by molar-refractivity contribution is 0.102. The normalized spacial score (nSPS) is 10.3. The summed E-state index contributed by atoms with van der Waals surface area (Å²) < 4.78 is 40.2. The van der Waals surface area contributed by atoms with Crippen LogP contribution in [-0.2, 0) is 0 Å². The summed E-state index contributed by atoms with van der Waals surface area (Å²) in [7, 11) is 0. The highest BCUT2D eigenvalue weighted by Crippen LogP contribution is 2.21. The lowest BCUT2D eigenvalue weighted by atomic mass is 10.2. The molecular weight excluding hydrogens is 370 g/mol. The smallest absolute Gasteiger partial charge is 0.256 e. The summed E-state index contributed by atoms with van der Waals surface area (Å²) >= 11 is 1.93. The Balaban J connectivity index is 2.32. The molecule has 0 unspecified atom stereocenters. The molecule has 2 aromatic rings. The fourth-order valence-electron chi connectivity index (χ4n) is 1.49. The number of carbonyl (C=O) groups excluding carboxylic acids is 1. The Morgan fingerprint density at radius 2 is 1.63 bits per heavy atom. The van der Waals surface area contributed by atoms with Gasteiger partial charge >= 0.3 is 0 Å². The zero-order valence-corrected chi connectivity index (χ0v) is 11.5. The Morgan fingerprint density at radius 3 is 2.21 bits per heavy atom. The van der Waals surface area contributed by atoms with E-state index < -0.39 is 29.0 Å². The van der Waals surface area contributed by atoms with Crippen LogP contribution < -0.4 is 5.32 Å². The Morgan fingerprint density at radius 1 is 1.05 bits per heavy atom. The van der Waals surface area contributed by atoms with Crippen molar-refractivity contribution >= 4 is 34.2 Å². The molecule has 98 valence electrons. The molecule has 0 aliphatic carbocycles. The number of benzene rings is 2. The van der Waals surface area contributed by atoms with Gasteiger partial charge in [-0.05, 0) is 34.7 Å². The van der Waals surface area contributed by atoms with E-state index in [9.17, 15) is 18.0 Å². The average molecular weight is 377 g/mol. The number of hydrogen-bond donors (Lipinski definition) is 1. The van der Waals surface area contributed by atoms with Crippen LogP contribution in [0, 0.1) is 21.0 Å². The van der Waals surface area contributed by atoms with E-state index in [2.05, 4.69) is 5.32 Å². The molecule has 1 amide bonds. The highest BCUT2D eigenvalue weighted by Gasteiger charge is 2.16. The zero-order valence-electron chi connectivity index (χ0n) is 9.38. The molecule has 0 bridgehead atoms. The quantitative estimate of drug-likeness (QED) is 0.789. The maximum atomic E-state index is 13.4. The first kappa shape index (κ1) is 13.9. The number of halogens is 4. The minimum Gasteiger partial charge on any atom is -0.317 e. The number of rotatable bonds is 2. The predicted octanol–water partition coefficient (Wildman–Crippen LogP) is 3.96. The molecular formula is C13H7F3INO. The fourth-order valence-corrected chi connectivity index (χ4v) is 2.12. The Kier molecular flexibility index (Phi) is 4.08. The second kappa shape index (κ2) is 5.60. The minimum atomic E-state index is -1.16. The van der Waals surface area contributed by atoms with Crippen molar-refractivity contribution < 1.29 is 18.0 Å². The molecule has 0 fully saturated rings. The van der Waals surface area contributed by atoms with E-state index in [1.165, 1.54) is 6.07 Å². The van der Waals surface area contributed by atoms with Gasteiger partial charge < -0.3 is 5.32 Å². The van der Waals surface area contributed by atoms with Crippen LogP contribution in [0.3, 0.4) is 0 Å². The standard InChI is InChI=1S/C13H7F3INO/c14-7-5-9(15)12(10(16)6-7)18-13(19)8-3-1-2-4-11(8)17/h1-6H,(H,18,19). The van der Waals surface area contributed by atoms with Crippen molar-refractivity contribution in [3.05, 3.63) is 63.0 Å². The topological polar surface area (TPSA) is 29.1 Å². The molecule has 1 N–H and O–H groups in total. The van der Waals surface area contributed by atoms with Gasteiger partial charge in [0.15, 0.2) is 11.6 Å². The number of anilines is 1. The number of hydrogen-bond acceptors (Lipinski definition) is 1. The van der Waals surface area contributed by atoms with Crippen molar-refractivity contribution in [3.8, 4) is 0 Å². The van der Waals surface area contributed by atoms with E-state index in [-0.39, 0.29) is 5.56 Å². The molecule has 2 nitrogen and oxygen atoms in total. The number of carbonyl (C=O) groups is 1. The minimum absolute atomic E-state index is 0.284. The van der Waals surface area contributed by atoms with Crippen molar-refractivity contribution in [2.45, 2.75) is 0 Å². The van der Waals surface area contributed by atoms with Gasteiger partial charge in [0.1, 0.15) is 11.5 Å². The summed E-state index contributed by atoms with van der Waals surface area (Å²) in [4.78, 5) is 11.9. The summed E-state index contributed by atoms with van der Waals surface area (Å²) in [5.74, 6) is -4.01. The van der Waals surface area contributed by atoms with Gasteiger partial charge in [0.25, 0.3) is 5.91 Å². The summed E-state index contributed by atoms with van der Waals surface area (Å²) in [6.45, 7) is 0. The molecule has 6 heteroatoms. The first-order chi connectivity index (χ1) is 8.99. The molecule has 0 saturated carbocycles. The second-order valence-corrected chi connectivity index (χ2v) is 4.84. The highest BCUT2D eigenvalue weighted by molar-refractivity contribution is 14.1.